The summed E-state index contributed by atoms with van der Waals surface area (Å²) in [5, 5.41) is 14.6. The minimum Gasteiger partial charge on any atom is -0.463 e. The summed E-state index contributed by atoms with van der Waals surface area (Å²) in [6, 6.07) is 9.53. The summed E-state index contributed by atoms with van der Waals surface area (Å²) in [7, 11) is 2.95. The van der Waals surface area contributed by atoms with Gasteiger partial charge in [-0.3, -0.25) is 24.0 Å². The highest BCUT2D eigenvalue weighted by atomic mass is 32.2. The summed E-state index contributed by atoms with van der Waals surface area (Å²) >= 11 is 6.98. The number of nitro groups is 1. The SMILES string of the molecule is CSC(=S)C1=C(c2ccco2)Nc2c(c(=O)n(C)c(=O)n2C)C1c1cccc([N+](=O)[O-])c1. The Morgan fingerprint density at radius 1 is 1.22 bits per heavy atom. The fourth-order valence-corrected chi connectivity index (χ4v) is 4.51. The Morgan fingerprint density at radius 2 is 1.97 bits per heavy atom. The molecule has 4 rings (SSSR count). The predicted octanol–water partition coefficient (Wildman–Crippen LogP) is 3.24. The van der Waals surface area contributed by atoms with Gasteiger partial charge in [0.2, 0.25) is 0 Å². The van der Waals surface area contributed by atoms with Crippen LogP contribution in [0.25, 0.3) is 5.70 Å². The van der Waals surface area contributed by atoms with Crippen molar-refractivity contribution in [2.75, 3.05) is 11.6 Å². The van der Waals surface area contributed by atoms with Gasteiger partial charge in [0.05, 0.1) is 26.6 Å². The maximum Gasteiger partial charge on any atom is 0.332 e. The van der Waals surface area contributed by atoms with Crippen molar-refractivity contribution in [3.63, 3.8) is 0 Å². The van der Waals surface area contributed by atoms with Crippen molar-refractivity contribution in [2.45, 2.75) is 5.92 Å². The van der Waals surface area contributed by atoms with Crippen molar-refractivity contribution in [3.8, 4) is 0 Å². The lowest BCUT2D eigenvalue weighted by atomic mass is 9.82. The quantitative estimate of drug-likeness (QED) is 0.351. The molecule has 0 saturated heterocycles. The van der Waals surface area contributed by atoms with Crippen LogP contribution in [0.1, 0.15) is 22.8 Å². The van der Waals surface area contributed by atoms with Gasteiger partial charge >= 0.3 is 5.69 Å². The van der Waals surface area contributed by atoms with Crippen molar-refractivity contribution < 1.29 is 9.34 Å². The fraction of sp³-hybridized carbons (Fsp3) is 0.190. The first kappa shape index (κ1) is 21.8. The topological polar surface area (TPSA) is 112 Å². The Hall–Kier alpha value is -3.44. The van der Waals surface area contributed by atoms with Gasteiger partial charge in [-0.15, -0.1) is 11.8 Å². The molecule has 9 nitrogen and oxygen atoms in total. The molecule has 1 atom stereocenters. The van der Waals surface area contributed by atoms with Gasteiger partial charge in [-0.1, -0.05) is 24.4 Å². The average molecular weight is 471 g/mol. The second kappa shape index (κ2) is 8.24. The van der Waals surface area contributed by atoms with E-state index in [1.165, 1.54) is 41.8 Å². The Kier molecular flexibility index (Phi) is 5.61. The maximum absolute atomic E-state index is 13.3. The van der Waals surface area contributed by atoms with Gasteiger partial charge in [-0.2, -0.15) is 0 Å². The minimum atomic E-state index is -0.753. The monoisotopic (exact) mass is 470 g/mol. The lowest BCUT2D eigenvalue weighted by Gasteiger charge is -2.32. The molecule has 1 aromatic carbocycles. The van der Waals surface area contributed by atoms with Gasteiger partial charge in [-0.25, -0.2) is 4.79 Å². The Balaban J connectivity index is 2.15. The molecule has 1 aliphatic rings. The van der Waals surface area contributed by atoms with Crippen molar-refractivity contribution in [1.82, 2.24) is 9.13 Å². The van der Waals surface area contributed by atoms with E-state index < -0.39 is 22.1 Å². The van der Waals surface area contributed by atoms with E-state index in [-0.39, 0.29) is 17.1 Å². The molecule has 11 heteroatoms. The van der Waals surface area contributed by atoms with Crippen molar-refractivity contribution in [2.24, 2.45) is 14.1 Å². The summed E-state index contributed by atoms with van der Waals surface area (Å²) in [6.45, 7) is 0. The molecule has 3 heterocycles. The number of fused-ring (bicyclic) bond motifs is 1. The molecule has 3 aromatic rings. The molecule has 0 radical (unpaired) electrons. The first-order valence-corrected chi connectivity index (χ1v) is 11.1. The molecule has 164 valence electrons. The van der Waals surface area contributed by atoms with E-state index >= 15 is 0 Å². The van der Waals surface area contributed by atoms with E-state index in [1.54, 1.807) is 31.3 Å². The molecule has 1 aliphatic heterocycles. The number of furan rings is 1. The highest BCUT2D eigenvalue weighted by molar-refractivity contribution is 8.23. The third-order valence-corrected chi connectivity index (χ3v) is 6.69. The number of nitro benzene ring substituents is 1. The van der Waals surface area contributed by atoms with Gasteiger partial charge in [0, 0.05) is 37.7 Å². The van der Waals surface area contributed by atoms with E-state index in [1.807, 2.05) is 6.26 Å². The Labute approximate surface area is 191 Å². The highest BCUT2D eigenvalue weighted by Crippen LogP contribution is 2.44. The third kappa shape index (κ3) is 3.39. The largest absolute Gasteiger partial charge is 0.463 e. The standard InChI is InChI=1S/C21H18N4O5S2/c1-23-18-16(19(26)24(2)21(23)27)14(11-6-4-7-12(10-11)25(28)29)15(20(31)32-3)17(22-18)13-8-5-9-30-13/h4-10,14,22H,1-3H3. The number of nitrogens with one attached hydrogen (secondary N) is 1. The number of thioether (sulfide) groups is 1. The number of hydrogen-bond acceptors (Lipinski definition) is 8. The van der Waals surface area contributed by atoms with E-state index in [0.717, 1.165) is 4.57 Å². The summed E-state index contributed by atoms with van der Waals surface area (Å²) in [6.07, 6.45) is 3.32. The molecule has 0 spiro atoms. The van der Waals surface area contributed by atoms with E-state index in [9.17, 15) is 19.7 Å². The van der Waals surface area contributed by atoms with Gasteiger partial charge in [0.1, 0.15) is 11.6 Å². The van der Waals surface area contributed by atoms with Crippen LogP contribution in [0.4, 0.5) is 11.5 Å². The maximum atomic E-state index is 13.3. The molecule has 1 unspecified atom stereocenters. The van der Waals surface area contributed by atoms with Crippen molar-refractivity contribution in [1.29, 1.82) is 0 Å². The second-order valence-electron chi connectivity index (χ2n) is 7.14. The molecular weight excluding hydrogens is 452 g/mol. The van der Waals surface area contributed by atoms with E-state index in [4.69, 9.17) is 16.6 Å². The van der Waals surface area contributed by atoms with Crippen LogP contribution in [-0.2, 0) is 14.1 Å². The van der Waals surface area contributed by atoms with Gasteiger partial charge in [0.25, 0.3) is 11.2 Å². The first-order chi connectivity index (χ1) is 15.3. The second-order valence-corrected chi connectivity index (χ2v) is 8.62. The molecular formula is C21H18N4O5S2. The third-order valence-electron chi connectivity index (χ3n) is 5.38. The van der Waals surface area contributed by atoms with Crippen LogP contribution in [0.3, 0.4) is 0 Å². The summed E-state index contributed by atoms with van der Waals surface area (Å²) in [5.74, 6) is -0.00374. The molecule has 1 N–H and O–H groups in total. The van der Waals surface area contributed by atoms with Crippen molar-refractivity contribution in [3.05, 3.63) is 96.1 Å². The van der Waals surface area contributed by atoms with Crippen LogP contribution < -0.4 is 16.6 Å². The van der Waals surface area contributed by atoms with Gasteiger partial charge < -0.3 is 9.73 Å². The number of benzene rings is 1. The number of rotatable bonds is 4. The van der Waals surface area contributed by atoms with E-state index in [2.05, 4.69) is 5.32 Å². The fourth-order valence-electron chi connectivity index (χ4n) is 3.85. The Morgan fingerprint density at radius 3 is 2.59 bits per heavy atom. The molecule has 2 aromatic heterocycles. The van der Waals surface area contributed by atoms with Crippen LogP contribution in [0.2, 0.25) is 0 Å². The molecule has 0 amide bonds. The number of hydrogen-bond donors (Lipinski definition) is 1. The van der Waals surface area contributed by atoms with Crippen LogP contribution in [0.5, 0.6) is 0 Å². The first-order valence-electron chi connectivity index (χ1n) is 9.43. The zero-order valence-electron chi connectivity index (χ0n) is 17.3. The zero-order valence-corrected chi connectivity index (χ0v) is 19.0. The normalized spacial score (nSPS) is 15.3. The van der Waals surface area contributed by atoms with Crippen LogP contribution >= 0.6 is 24.0 Å². The lowest BCUT2D eigenvalue weighted by molar-refractivity contribution is -0.384. The molecule has 0 saturated carbocycles. The smallest absolute Gasteiger partial charge is 0.332 e. The zero-order chi connectivity index (χ0) is 23.2. The summed E-state index contributed by atoms with van der Waals surface area (Å²) < 4.78 is 8.46. The number of non-ortho nitro benzene ring substituents is 1. The predicted molar refractivity (Wildman–Crippen MR) is 127 cm³/mol. The minimum absolute atomic E-state index is 0.113. The van der Waals surface area contributed by atoms with Gasteiger partial charge in [0.15, 0.2) is 0 Å². The highest BCUT2D eigenvalue weighted by Gasteiger charge is 2.37. The summed E-state index contributed by atoms with van der Waals surface area (Å²) in [5.41, 5.74) is 0.733. The van der Waals surface area contributed by atoms with Crippen LogP contribution in [-0.4, -0.2) is 24.5 Å². The van der Waals surface area contributed by atoms with Crippen LogP contribution in [0.15, 0.2) is 62.2 Å². The number of thiocarbonyl (C=S) groups is 1. The lowest BCUT2D eigenvalue weighted by Crippen LogP contribution is -2.43. The number of nitrogens with zero attached hydrogens (tertiary/aromatic N) is 3. The van der Waals surface area contributed by atoms with E-state index in [0.29, 0.717) is 26.8 Å². The number of aromatic nitrogens is 2. The molecule has 0 bridgehead atoms. The van der Waals surface area contributed by atoms with Crippen molar-refractivity contribution >= 4 is 45.4 Å². The molecule has 32 heavy (non-hydrogen) atoms. The Bertz CT molecular complexity index is 1400. The van der Waals surface area contributed by atoms with Crippen LogP contribution in [0, 0.1) is 10.1 Å². The molecule has 0 fully saturated rings. The van der Waals surface area contributed by atoms with Gasteiger partial charge in [-0.05, 0) is 24.0 Å². The average Bonchev–Trinajstić information content (AvgIpc) is 3.34. The number of anilines is 1. The molecule has 0 aliphatic carbocycles. The summed E-state index contributed by atoms with van der Waals surface area (Å²) in [4.78, 5) is 36.9.